The summed E-state index contributed by atoms with van der Waals surface area (Å²) in [6.45, 7) is 3.84. The molecule has 0 aromatic carbocycles. The molecule has 0 radical (unpaired) electrons. The van der Waals surface area contributed by atoms with E-state index in [2.05, 4.69) is 23.0 Å². The number of aryl methyl sites for hydroxylation is 1. The predicted octanol–water partition coefficient (Wildman–Crippen LogP) is 1.87. The second kappa shape index (κ2) is 2.83. The molecule has 0 saturated carbocycles. The zero-order valence-corrected chi connectivity index (χ0v) is 7.28. The van der Waals surface area contributed by atoms with Crippen molar-refractivity contribution in [1.82, 2.24) is 0 Å². The molecule has 1 aliphatic heterocycles. The second-order valence-corrected chi connectivity index (χ2v) is 3.59. The van der Waals surface area contributed by atoms with E-state index < -0.39 is 0 Å². The minimum absolute atomic E-state index is 0.545. The number of nitrogens with one attached hydrogen (secondary N) is 1. The predicted molar refractivity (Wildman–Crippen MR) is 47.3 cm³/mol. The minimum atomic E-state index is 0.545. The molecule has 1 aliphatic rings. The fourth-order valence-electron chi connectivity index (χ4n) is 1.05. The first kappa shape index (κ1) is 7.13. The molecule has 0 atom stereocenters. The number of hydrogen-bond acceptors (Lipinski definition) is 3. The van der Waals surface area contributed by atoms with Crippen LogP contribution in [0.15, 0.2) is 10.8 Å². The van der Waals surface area contributed by atoms with Crippen LogP contribution >= 0.6 is 11.3 Å². The van der Waals surface area contributed by atoms with E-state index >= 15 is 0 Å². The highest BCUT2D eigenvalue weighted by Crippen LogP contribution is 2.21. The molecule has 1 saturated heterocycles. The summed E-state index contributed by atoms with van der Waals surface area (Å²) in [4.78, 5) is 0. The van der Waals surface area contributed by atoms with E-state index in [1.807, 2.05) is 0 Å². The van der Waals surface area contributed by atoms with E-state index in [1.165, 1.54) is 11.3 Å². The Hall–Kier alpha value is -0.540. The van der Waals surface area contributed by atoms with Gasteiger partial charge >= 0.3 is 0 Å². The van der Waals surface area contributed by atoms with Crippen LogP contribution in [0.5, 0.6) is 0 Å². The molecule has 2 nitrogen and oxygen atoms in total. The van der Waals surface area contributed by atoms with Gasteiger partial charge in [-0.1, -0.05) is 0 Å². The van der Waals surface area contributed by atoms with Gasteiger partial charge in [-0.2, -0.15) is 0 Å². The van der Waals surface area contributed by atoms with Gasteiger partial charge in [-0.25, -0.2) is 0 Å². The average Bonchev–Trinajstić information content (AvgIpc) is 2.27. The van der Waals surface area contributed by atoms with Crippen molar-refractivity contribution in [2.24, 2.45) is 0 Å². The van der Waals surface area contributed by atoms with E-state index in [1.54, 1.807) is 11.3 Å². The SMILES string of the molecule is Cc1cscc1NC1COC1. The Morgan fingerprint density at radius 3 is 2.82 bits per heavy atom. The third-order valence-corrected chi connectivity index (χ3v) is 2.71. The quantitative estimate of drug-likeness (QED) is 0.729. The molecule has 1 fully saturated rings. The minimum Gasteiger partial charge on any atom is -0.377 e. The molecule has 3 heteroatoms. The summed E-state index contributed by atoms with van der Waals surface area (Å²) in [5.74, 6) is 0. The summed E-state index contributed by atoms with van der Waals surface area (Å²) < 4.78 is 5.06. The summed E-state index contributed by atoms with van der Waals surface area (Å²) in [7, 11) is 0. The molecule has 0 amide bonds. The lowest BCUT2D eigenvalue weighted by Crippen LogP contribution is -2.40. The Morgan fingerprint density at radius 2 is 2.36 bits per heavy atom. The van der Waals surface area contributed by atoms with Crippen LogP contribution < -0.4 is 5.32 Å². The first-order valence-electron chi connectivity index (χ1n) is 3.73. The Balaban J connectivity index is 1.99. The van der Waals surface area contributed by atoms with Gasteiger partial charge in [-0.05, 0) is 17.9 Å². The molecule has 2 rings (SSSR count). The molecule has 0 bridgehead atoms. The standard InChI is InChI=1S/C8H11NOS/c1-6-4-11-5-8(6)9-7-2-10-3-7/h4-5,7,9H,2-3H2,1H3. The van der Waals surface area contributed by atoms with Crippen LogP contribution in [-0.4, -0.2) is 19.3 Å². The van der Waals surface area contributed by atoms with Gasteiger partial charge in [0.1, 0.15) is 0 Å². The van der Waals surface area contributed by atoms with E-state index in [0.717, 1.165) is 13.2 Å². The maximum absolute atomic E-state index is 5.06. The van der Waals surface area contributed by atoms with Gasteiger partial charge in [0.15, 0.2) is 0 Å². The molecule has 1 aromatic rings. The van der Waals surface area contributed by atoms with E-state index in [4.69, 9.17) is 4.74 Å². The van der Waals surface area contributed by atoms with Crippen LogP contribution in [0.4, 0.5) is 5.69 Å². The summed E-state index contributed by atoms with van der Waals surface area (Å²) in [5.41, 5.74) is 2.60. The summed E-state index contributed by atoms with van der Waals surface area (Å²) in [6.07, 6.45) is 0. The lowest BCUT2D eigenvalue weighted by atomic mass is 10.2. The van der Waals surface area contributed by atoms with Crippen molar-refractivity contribution in [3.8, 4) is 0 Å². The molecule has 11 heavy (non-hydrogen) atoms. The smallest absolute Gasteiger partial charge is 0.0729 e. The molecule has 2 heterocycles. The van der Waals surface area contributed by atoms with Crippen molar-refractivity contribution in [1.29, 1.82) is 0 Å². The topological polar surface area (TPSA) is 21.3 Å². The first-order valence-corrected chi connectivity index (χ1v) is 4.67. The fraction of sp³-hybridized carbons (Fsp3) is 0.500. The zero-order chi connectivity index (χ0) is 7.68. The van der Waals surface area contributed by atoms with E-state index in [-0.39, 0.29) is 0 Å². The lowest BCUT2D eigenvalue weighted by molar-refractivity contribution is 0.0211. The number of hydrogen-bond donors (Lipinski definition) is 1. The molecule has 0 spiro atoms. The van der Waals surface area contributed by atoms with Crippen LogP contribution in [0, 0.1) is 6.92 Å². The van der Waals surface area contributed by atoms with Crippen LogP contribution in [0.2, 0.25) is 0 Å². The Morgan fingerprint density at radius 1 is 1.55 bits per heavy atom. The fourth-order valence-corrected chi connectivity index (χ4v) is 1.84. The second-order valence-electron chi connectivity index (χ2n) is 2.85. The van der Waals surface area contributed by atoms with Crippen molar-refractivity contribution < 1.29 is 4.74 Å². The monoisotopic (exact) mass is 169 g/mol. The van der Waals surface area contributed by atoms with E-state index in [0.29, 0.717) is 6.04 Å². The summed E-state index contributed by atoms with van der Waals surface area (Å²) >= 11 is 1.74. The third kappa shape index (κ3) is 1.39. The largest absolute Gasteiger partial charge is 0.377 e. The lowest BCUT2D eigenvalue weighted by Gasteiger charge is -2.27. The zero-order valence-electron chi connectivity index (χ0n) is 6.46. The molecule has 1 N–H and O–H groups in total. The molecule has 1 aromatic heterocycles. The van der Waals surface area contributed by atoms with Gasteiger partial charge in [-0.3, -0.25) is 0 Å². The Kier molecular flexibility index (Phi) is 1.84. The Labute approximate surface area is 70.2 Å². The van der Waals surface area contributed by atoms with Crippen molar-refractivity contribution in [2.45, 2.75) is 13.0 Å². The third-order valence-electron chi connectivity index (χ3n) is 1.85. The normalized spacial score (nSPS) is 17.9. The highest BCUT2D eigenvalue weighted by atomic mass is 32.1. The van der Waals surface area contributed by atoms with Crippen molar-refractivity contribution in [2.75, 3.05) is 18.5 Å². The number of rotatable bonds is 2. The maximum Gasteiger partial charge on any atom is 0.0729 e. The van der Waals surface area contributed by atoms with Crippen LogP contribution in [0.3, 0.4) is 0 Å². The van der Waals surface area contributed by atoms with Gasteiger partial charge in [0, 0.05) is 11.1 Å². The van der Waals surface area contributed by atoms with Crippen LogP contribution in [-0.2, 0) is 4.74 Å². The van der Waals surface area contributed by atoms with Gasteiger partial charge in [0.25, 0.3) is 0 Å². The molecular weight excluding hydrogens is 158 g/mol. The maximum atomic E-state index is 5.06. The van der Waals surface area contributed by atoms with Gasteiger partial charge in [0.2, 0.25) is 0 Å². The van der Waals surface area contributed by atoms with Gasteiger partial charge < -0.3 is 10.1 Å². The average molecular weight is 169 g/mol. The summed E-state index contributed by atoms with van der Waals surface area (Å²) in [5, 5.41) is 7.71. The molecular formula is C8H11NOS. The highest BCUT2D eigenvalue weighted by Gasteiger charge is 2.18. The number of thiophene rings is 1. The van der Waals surface area contributed by atoms with Crippen LogP contribution in [0.1, 0.15) is 5.56 Å². The molecule has 0 aliphatic carbocycles. The van der Waals surface area contributed by atoms with Crippen LogP contribution in [0.25, 0.3) is 0 Å². The number of ether oxygens (including phenoxy) is 1. The highest BCUT2D eigenvalue weighted by molar-refractivity contribution is 7.08. The van der Waals surface area contributed by atoms with Crippen molar-refractivity contribution in [3.63, 3.8) is 0 Å². The van der Waals surface area contributed by atoms with Gasteiger partial charge in [0.05, 0.1) is 19.3 Å². The Bertz CT molecular complexity index is 242. The molecule has 0 unspecified atom stereocenters. The van der Waals surface area contributed by atoms with Gasteiger partial charge in [-0.15, -0.1) is 11.3 Å². The van der Waals surface area contributed by atoms with Crippen molar-refractivity contribution >= 4 is 17.0 Å². The first-order chi connectivity index (χ1) is 5.36. The van der Waals surface area contributed by atoms with E-state index in [9.17, 15) is 0 Å². The summed E-state index contributed by atoms with van der Waals surface area (Å²) in [6, 6.07) is 0.545. The number of anilines is 1. The molecule has 60 valence electrons. The van der Waals surface area contributed by atoms with Crippen molar-refractivity contribution in [3.05, 3.63) is 16.3 Å².